The number of ketones is 1. The Hall–Kier alpha value is -2.79. The second-order valence-corrected chi connectivity index (χ2v) is 7.08. The van der Waals surface area contributed by atoms with Gasteiger partial charge in [0.2, 0.25) is 5.78 Å². The number of phenols is 2. The number of fused-ring (bicyclic) bond motifs is 1. The highest BCUT2D eigenvalue weighted by Gasteiger charge is 2.35. The molecule has 2 unspecified atom stereocenters. The molecule has 0 saturated heterocycles. The van der Waals surface area contributed by atoms with Crippen molar-refractivity contribution in [1.29, 1.82) is 0 Å². The van der Waals surface area contributed by atoms with Gasteiger partial charge in [0.15, 0.2) is 0 Å². The fraction of sp³-hybridized carbons (Fsp3) is 0.318. The molecule has 0 bridgehead atoms. The van der Waals surface area contributed by atoms with E-state index >= 15 is 0 Å². The molecule has 0 aliphatic carbocycles. The molecular formula is C22H24O5. The van der Waals surface area contributed by atoms with Gasteiger partial charge in [-0.1, -0.05) is 42.0 Å². The molecule has 1 aliphatic heterocycles. The van der Waals surface area contributed by atoms with Gasteiger partial charge in [-0.15, -0.1) is 0 Å². The average molecular weight is 368 g/mol. The van der Waals surface area contributed by atoms with Crippen molar-refractivity contribution in [1.82, 2.24) is 0 Å². The van der Waals surface area contributed by atoms with E-state index in [1.807, 2.05) is 13.8 Å². The number of aliphatic hydroxyl groups excluding tert-OH is 1. The van der Waals surface area contributed by atoms with Gasteiger partial charge in [-0.3, -0.25) is 4.79 Å². The first-order chi connectivity index (χ1) is 12.9. The van der Waals surface area contributed by atoms with Crippen molar-refractivity contribution >= 4 is 5.78 Å². The molecule has 1 aliphatic rings. The molecule has 2 aromatic carbocycles. The molecule has 0 fully saturated rings. The summed E-state index contributed by atoms with van der Waals surface area (Å²) in [6.45, 7) is 4.00. The summed E-state index contributed by atoms with van der Waals surface area (Å²) < 4.78 is 5.94. The Morgan fingerprint density at radius 2 is 1.89 bits per heavy atom. The van der Waals surface area contributed by atoms with Crippen LogP contribution in [0.25, 0.3) is 0 Å². The minimum absolute atomic E-state index is 0.0214. The smallest absolute Gasteiger partial charge is 0.200 e. The van der Waals surface area contributed by atoms with Crippen LogP contribution in [0, 0.1) is 0 Å². The van der Waals surface area contributed by atoms with Crippen LogP contribution in [-0.4, -0.2) is 33.3 Å². The second-order valence-electron chi connectivity index (χ2n) is 7.08. The molecule has 27 heavy (non-hydrogen) atoms. The molecule has 0 saturated carbocycles. The Labute approximate surface area is 158 Å². The number of allylic oxidation sites excluding steroid dienone is 2. The lowest BCUT2D eigenvalue weighted by Gasteiger charge is -2.32. The van der Waals surface area contributed by atoms with Crippen LogP contribution in [0.15, 0.2) is 48.0 Å². The van der Waals surface area contributed by atoms with Crippen molar-refractivity contribution in [2.75, 3.05) is 0 Å². The van der Waals surface area contributed by atoms with Gasteiger partial charge in [0, 0.05) is 23.6 Å². The third kappa shape index (κ3) is 3.98. The summed E-state index contributed by atoms with van der Waals surface area (Å²) in [4.78, 5) is 12.9. The first-order valence-electron chi connectivity index (χ1n) is 9.04. The van der Waals surface area contributed by atoms with E-state index in [-0.39, 0.29) is 35.0 Å². The van der Waals surface area contributed by atoms with Crippen LogP contribution in [0.2, 0.25) is 0 Å². The summed E-state index contributed by atoms with van der Waals surface area (Å²) in [5, 5.41) is 31.0. The Morgan fingerprint density at radius 1 is 1.19 bits per heavy atom. The zero-order chi connectivity index (χ0) is 19.6. The topological polar surface area (TPSA) is 87.0 Å². The Balaban J connectivity index is 1.99. The van der Waals surface area contributed by atoms with Crippen LogP contribution < -0.4 is 4.74 Å². The molecule has 5 nitrogen and oxygen atoms in total. The molecular weight excluding hydrogens is 344 g/mol. The Morgan fingerprint density at radius 3 is 2.56 bits per heavy atom. The normalized spacial score (nSPS) is 18.3. The summed E-state index contributed by atoms with van der Waals surface area (Å²) in [5.74, 6) is -0.744. The van der Waals surface area contributed by atoms with Crippen LogP contribution in [-0.2, 0) is 6.42 Å². The van der Waals surface area contributed by atoms with Crippen LogP contribution >= 0.6 is 0 Å². The summed E-state index contributed by atoms with van der Waals surface area (Å²) in [6, 6.07) is 9.73. The molecule has 0 amide bonds. The predicted molar refractivity (Wildman–Crippen MR) is 102 cm³/mol. The maximum absolute atomic E-state index is 12.9. The third-order valence-electron chi connectivity index (χ3n) is 4.72. The largest absolute Gasteiger partial charge is 0.507 e. The molecule has 1 heterocycles. The zero-order valence-electron chi connectivity index (χ0n) is 15.5. The molecule has 2 atom stereocenters. The fourth-order valence-corrected chi connectivity index (χ4v) is 3.31. The summed E-state index contributed by atoms with van der Waals surface area (Å²) >= 11 is 0. The molecule has 0 spiro atoms. The predicted octanol–water partition coefficient (Wildman–Crippen LogP) is 3.74. The second kappa shape index (κ2) is 7.84. The maximum Gasteiger partial charge on any atom is 0.200 e. The molecule has 3 rings (SSSR count). The molecule has 2 aromatic rings. The Bertz CT molecular complexity index is 866. The van der Waals surface area contributed by atoms with Gasteiger partial charge in [0.05, 0.1) is 6.10 Å². The van der Waals surface area contributed by atoms with E-state index in [4.69, 9.17) is 4.74 Å². The monoisotopic (exact) mass is 368 g/mol. The standard InChI is InChI=1S/C22H24O5/c1-13(2)7-6-10-19-17(24)11-15-16(23)12-18(25)20(22(15)27-19)21(26)14-8-4-3-5-9-14/h3-5,7-9,12,17,19,23-25H,6,10-11H2,1-2H3. The lowest BCUT2D eigenvalue weighted by Crippen LogP contribution is -2.38. The lowest BCUT2D eigenvalue weighted by molar-refractivity contribution is 0.0162. The maximum atomic E-state index is 12.9. The molecule has 5 heteroatoms. The van der Waals surface area contributed by atoms with Crippen LogP contribution in [0.1, 0.15) is 48.2 Å². The van der Waals surface area contributed by atoms with Crippen LogP contribution in [0.3, 0.4) is 0 Å². The number of rotatable bonds is 5. The van der Waals surface area contributed by atoms with E-state index in [0.717, 1.165) is 12.5 Å². The number of benzene rings is 2. The van der Waals surface area contributed by atoms with Crippen molar-refractivity contribution in [2.24, 2.45) is 0 Å². The third-order valence-corrected chi connectivity index (χ3v) is 4.72. The quantitative estimate of drug-likeness (QED) is 0.553. The number of carbonyl (C=O) groups excluding carboxylic acids is 1. The Kier molecular flexibility index (Phi) is 5.51. The van der Waals surface area contributed by atoms with Crippen molar-refractivity contribution in [3.8, 4) is 17.2 Å². The minimum Gasteiger partial charge on any atom is -0.507 e. The molecule has 0 radical (unpaired) electrons. The number of ether oxygens (including phenoxy) is 1. The van der Waals surface area contributed by atoms with E-state index in [0.29, 0.717) is 17.5 Å². The number of phenolic OH excluding ortho intramolecular Hbond substituents is 2. The zero-order valence-corrected chi connectivity index (χ0v) is 15.5. The van der Waals surface area contributed by atoms with Gasteiger partial charge < -0.3 is 20.1 Å². The van der Waals surface area contributed by atoms with E-state index in [2.05, 4.69) is 6.08 Å². The summed E-state index contributed by atoms with van der Waals surface area (Å²) in [6.07, 6.45) is 2.21. The highest BCUT2D eigenvalue weighted by Crippen LogP contribution is 2.43. The van der Waals surface area contributed by atoms with Crippen molar-refractivity contribution in [2.45, 2.75) is 45.3 Å². The first-order valence-corrected chi connectivity index (χ1v) is 9.04. The summed E-state index contributed by atoms with van der Waals surface area (Å²) in [7, 11) is 0. The van der Waals surface area contributed by atoms with Gasteiger partial charge in [-0.25, -0.2) is 0 Å². The highest BCUT2D eigenvalue weighted by molar-refractivity contribution is 6.13. The number of aromatic hydroxyl groups is 2. The molecule has 0 aromatic heterocycles. The summed E-state index contributed by atoms with van der Waals surface area (Å²) in [5.41, 5.74) is 1.96. The number of hydrogen-bond donors (Lipinski definition) is 3. The minimum atomic E-state index is -0.793. The fourth-order valence-electron chi connectivity index (χ4n) is 3.31. The van der Waals surface area contributed by atoms with E-state index < -0.39 is 12.2 Å². The van der Waals surface area contributed by atoms with Gasteiger partial charge in [-0.2, -0.15) is 0 Å². The molecule has 3 N–H and O–H groups in total. The number of carbonyl (C=O) groups is 1. The van der Waals surface area contributed by atoms with Gasteiger partial charge >= 0.3 is 0 Å². The highest BCUT2D eigenvalue weighted by atomic mass is 16.5. The van der Waals surface area contributed by atoms with Crippen LogP contribution in [0.5, 0.6) is 17.2 Å². The van der Waals surface area contributed by atoms with E-state index in [1.165, 1.54) is 5.57 Å². The molecule has 142 valence electrons. The first kappa shape index (κ1) is 19.0. The van der Waals surface area contributed by atoms with Crippen molar-refractivity contribution in [3.63, 3.8) is 0 Å². The lowest BCUT2D eigenvalue weighted by atomic mass is 9.91. The van der Waals surface area contributed by atoms with Crippen LogP contribution in [0.4, 0.5) is 0 Å². The average Bonchev–Trinajstić information content (AvgIpc) is 2.63. The SMILES string of the molecule is CC(C)=CCCC1Oc2c(c(O)cc(O)c2C(=O)c2ccccc2)CC1O. The number of aliphatic hydroxyl groups is 1. The van der Waals surface area contributed by atoms with Gasteiger partial charge in [-0.05, 0) is 26.7 Å². The van der Waals surface area contributed by atoms with Crippen molar-refractivity contribution < 1.29 is 24.9 Å². The van der Waals surface area contributed by atoms with Crippen molar-refractivity contribution in [3.05, 3.63) is 64.7 Å². The number of hydrogen-bond acceptors (Lipinski definition) is 5. The van der Waals surface area contributed by atoms with E-state index in [1.54, 1.807) is 30.3 Å². The van der Waals surface area contributed by atoms with E-state index in [9.17, 15) is 20.1 Å². The van der Waals surface area contributed by atoms with Gasteiger partial charge in [0.25, 0.3) is 0 Å². The van der Waals surface area contributed by atoms with Gasteiger partial charge in [0.1, 0.15) is 28.9 Å².